The van der Waals surface area contributed by atoms with Gasteiger partial charge < -0.3 is 24.3 Å². The molecule has 3 amide bonds. The van der Waals surface area contributed by atoms with E-state index >= 15 is 0 Å². The van der Waals surface area contributed by atoms with Crippen LogP contribution in [0.2, 0.25) is 0 Å². The summed E-state index contributed by atoms with van der Waals surface area (Å²) in [6.45, 7) is 6.52. The topological polar surface area (TPSA) is 73.4 Å². The Bertz CT molecular complexity index is 1130. The van der Waals surface area contributed by atoms with Crippen molar-refractivity contribution in [2.24, 2.45) is 11.8 Å². The Morgan fingerprint density at radius 1 is 0.811 bits per heavy atom. The van der Waals surface area contributed by atoms with Gasteiger partial charge in [0.15, 0.2) is 0 Å². The molecule has 8 nitrogen and oxygen atoms in total. The summed E-state index contributed by atoms with van der Waals surface area (Å²) in [5.41, 5.74) is 3.05. The molecule has 8 heteroatoms. The molecule has 2 aromatic rings. The van der Waals surface area contributed by atoms with Crippen LogP contribution in [0, 0.1) is 18.8 Å². The lowest BCUT2D eigenvalue weighted by Gasteiger charge is -2.39. The highest BCUT2D eigenvalue weighted by atomic mass is 16.5. The van der Waals surface area contributed by atoms with Crippen LogP contribution in [0.15, 0.2) is 48.5 Å². The number of carbonyl (C=O) groups excluding carboxylic acids is 3. The van der Waals surface area contributed by atoms with Crippen molar-refractivity contribution in [3.8, 4) is 5.75 Å². The van der Waals surface area contributed by atoms with Gasteiger partial charge in [-0.3, -0.25) is 14.4 Å². The highest BCUT2D eigenvalue weighted by Crippen LogP contribution is 2.30. The number of hydrogen-bond donors (Lipinski definition) is 0. The van der Waals surface area contributed by atoms with Crippen molar-refractivity contribution in [3.05, 3.63) is 54.1 Å². The van der Waals surface area contributed by atoms with Crippen molar-refractivity contribution in [1.29, 1.82) is 0 Å². The van der Waals surface area contributed by atoms with E-state index in [0.29, 0.717) is 45.6 Å². The molecule has 1 unspecified atom stereocenters. The van der Waals surface area contributed by atoms with Gasteiger partial charge in [0.2, 0.25) is 17.7 Å². The molecule has 0 bridgehead atoms. The number of piperidine rings is 1. The highest BCUT2D eigenvalue weighted by molar-refractivity contribution is 6.00. The molecule has 5 rings (SSSR count). The minimum atomic E-state index is -0.316. The van der Waals surface area contributed by atoms with Crippen molar-refractivity contribution in [1.82, 2.24) is 9.80 Å². The fourth-order valence-electron chi connectivity index (χ4n) is 5.77. The molecule has 0 spiro atoms. The summed E-state index contributed by atoms with van der Waals surface area (Å²) >= 11 is 0. The van der Waals surface area contributed by atoms with Gasteiger partial charge in [-0.15, -0.1) is 0 Å². The van der Waals surface area contributed by atoms with E-state index in [2.05, 4.69) is 11.0 Å². The second-order valence-electron chi connectivity index (χ2n) is 10.3. The van der Waals surface area contributed by atoms with Gasteiger partial charge in [0, 0.05) is 63.8 Å². The van der Waals surface area contributed by atoms with Crippen molar-refractivity contribution in [3.63, 3.8) is 0 Å². The Morgan fingerprint density at radius 2 is 1.43 bits per heavy atom. The van der Waals surface area contributed by atoms with E-state index in [1.807, 2.05) is 59.2 Å². The lowest BCUT2D eigenvalue weighted by atomic mass is 9.93. The minimum absolute atomic E-state index is 0.000434. The van der Waals surface area contributed by atoms with Crippen LogP contribution < -0.4 is 14.5 Å². The Balaban J connectivity index is 1.10. The third-order valence-corrected chi connectivity index (χ3v) is 7.99. The van der Waals surface area contributed by atoms with Gasteiger partial charge in [0.05, 0.1) is 18.7 Å². The van der Waals surface area contributed by atoms with Crippen LogP contribution >= 0.6 is 0 Å². The number of benzene rings is 2. The summed E-state index contributed by atoms with van der Waals surface area (Å²) in [7, 11) is 1.68. The van der Waals surface area contributed by atoms with Crippen molar-refractivity contribution in [2.75, 3.05) is 62.7 Å². The minimum Gasteiger partial charge on any atom is -0.495 e. The van der Waals surface area contributed by atoms with Crippen molar-refractivity contribution in [2.45, 2.75) is 26.2 Å². The van der Waals surface area contributed by atoms with Gasteiger partial charge in [-0.1, -0.05) is 29.8 Å². The predicted octanol–water partition coefficient (Wildman–Crippen LogP) is 2.94. The van der Waals surface area contributed by atoms with Gasteiger partial charge in [-0.2, -0.15) is 0 Å². The predicted molar refractivity (Wildman–Crippen MR) is 143 cm³/mol. The smallest absolute Gasteiger partial charge is 0.228 e. The second-order valence-corrected chi connectivity index (χ2v) is 10.3. The fourth-order valence-corrected chi connectivity index (χ4v) is 5.77. The first-order valence-corrected chi connectivity index (χ1v) is 13.3. The van der Waals surface area contributed by atoms with Gasteiger partial charge >= 0.3 is 0 Å². The SMILES string of the molecule is COc1ccccc1N1CCN(C(=O)C2CCN(C(=O)C3CC(=O)N(c4ccc(C)cc4)C3)CC2)CC1. The molecule has 0 saturated carbocycles. The average molecular weight is 505 g/mol. The maximum Gasteiger partial charge on any atom is 0.228 e. The van der Waals surface area contributed by atoms with Gasteiger partial charge in [0.25, 0.3) is 0 Å². The molecule has 0 radical (unpaired) electrons. The number of aryl methyl sites for hydroxylation is 1. The molecule has 3 heterocycles. The largest absolute Gasteiger partial charge is 0.495 e. The van der Waals surface area contributed by atoms with Crippen molar-refractivity contribution >= 4 is 29.1 Å². The molecule has 37 heavy (non-hydrogen) atoms. The summed E-state index contributed by atoms with van der Waals surface area (Å²) < 4.78 is 5.50. The zero-order valence-corrected chi connectivity index (χ0v) is 21.8. The van der Waals surface area contributed by atoms with Crippen LogP contribution in [-0.2, 0) is 14.4 Å². The lowest BCUT2D eigenvalue weighted by molar-refractivity contribution is -0.142. The normalized spacial score (nSPS) is 20.9. The number of rotatable bonds is 5. The van der Waals surface area contributed by atoms with Crippen LogP contribution in [-0.4, -0.2) is 80.4 Å². The first-order valence-electron chi connectivity index (χ1n) is 13.3. The molecule has 3 saturated heterocycles. The van der Waals surface area contributed by atoms with E-state index in [4.69, 9.17) is 4.74 Å². The molecule has 196 valence electrons. The monoisotopic (exact) mass is 504 g/mol. The number of ether oxygens (including phenoxy) is 1. The average Bonchev–Trinajstić information content (AvgIpc) is 3.34. The van der Waals surface area contributed by atoms with Crippen molar-refractivity contribution < 1.29 is 19.1 Å². The number of hydrogen-bond acceptors (Lipinski definition) is 5. The van der Waals surface area contributed by atoms with Crippen LogP contribution in [0.25, 0.3) is 0 Å². The van der Waals surface area contributed by atoms with Crippen LogP contribution in [0.4, 0.5) is 11.4 Å². The fraction of sp³-hybridized carbons (Fsp3) is 0.483. The van der Waals surface area contributed by atoms with Gasteiger partial charge in [0.1, 0.15) is 5.75 Å². The van der Waals surface area contributed by atoms with E-state index in [-0.39, 0.29) is 36.0 Å². The van der Waals surface area contributed by atoms with Crippen LogP contribution in [0.1, 0.15) is 24.8 Å². The number of amides is 3. The molecule has 0 N–H and O–H groups in total. The van der Waals surface area contributed by atoms with Crippen LogP contribution in [0.3, 0.4) is 0 Å². The summed E-state index contributed by atoms with van der Waals surface area (Å²) in [5, 5.41) is 0. The van der Waals surface area contributed by atoms with Gasteiger partial charge in [-0.25, -0.2) is 0 Å². The molecular weight excluding hydrogens is 468 g/mol. The lowest BCUT2D eigenvalue weighted by Crippen LogP contribution is -2.52. The van der Waals surface area contributed by atoms with E-state index < -0.39 is 0 Å². The zero-order chi connectivity index (χ0) is 25.9. The quantitative estimate of drug-likeness (QED) is 0.626. The van der Waals surface area contributed by atoms with E-state index in [0.717, 1.165) is 35.8 Å². The second kappa shape index (κ2) is 10.8. The maximum atomic E-state index is 13.2. The highest BCUT2D eigenvalue weighted by Gasteiger charge is 2.39. The van der Waals surface area contributed by atoms with E-state index in [1.54, 1.807) is 12.0 Å². The first kappa shape index (κ1) is 25.1. The summed E-state index contributed by atoms with van der Waals surface area (Å²) in [4.78, 5) is 46.9. The number of likely N-dealkylation sites (tertiary alicyclic amines) is 1. The summed E-state index contributed by atoms with van der Waals surface area (Å²) in [5.74, 6) is 0.734. The Hall–Kier alpha value is -3.55. The van der Waals surface area contributed by atoms with Gasteiger partial charge in [-0.05, 0) is 44.0 Å². The Morgan fingerprint density at radius 3 is 2.11 bits per heavy atom. The molecule has 3 fully saturated rings. The number of piperazine rings is 1. The van der Waals surface area contributed by atoms with E-state index in [1.165, 1.54) is 0 Å². The standard InChI is InChI=1S/C29H36N4O4/c1-21-7-9-24(10-8-21)33-20-23(19-27(33)34)29(36)31-13-11-22(12-14-31)28(35)32-17-15-30(16-18-32)25-5-3-4-6-26(25)37-2/h3-10,22-23H,11-20H2,1-2H3. The number of nitrogens with zero attached hydrogens (tertiary/aromatic N) is 4. The van der Waals surface area contributed by atoms with E-state index in [9.17, 15) is 14.4 Å². The maximum absolute atomic E-state index is 13.2. The number of anilines is 2. The molecule has 2 aromatic carbocycles. The molecular formula is C29H36N4O4. The molecule has 1 atom stereocenters. The third kappa shape index (κ3) is 5.29. The zero-order valence-electron chi connectivity index (χ0n) is 21.8. The molecule has 0 aromatic heterocycles. The Labute approximate surface area is 218 Å². The number of carbonyl (C=O) groups is 3. The Kier molecular flexibility index (Phi) is 7.35. The number of para-hydroxylation sites is 2. The molecule has 3 aliphatic rings. The molecule has 0 aliphatic carbocycles. The third-order valence-electron chi connectivity index (χ3n) is 7.99. The molecule has 3 aliphatic heterocycles. The summed E-state index contributed by atoms with van der Waals surface area (Å²) in [6.07, 6.45) is 1.61. The first-order chi connectivity index (χ1) is 17.9. The number of methoxy groups -OCH3 is 1. The summed E-state index contributed by atoms with van der Waals surface area (Å²) in [6, 6.07) is 15.8. The van der Waals surface area contributed by atoms with Crippen LogP contribution in [0.5, 0.6) is 5.75 Å².